The normalized spacial score (nSPS) is 14.3. The van der Waals surface area contributed by atoms with Gasteiger partial charge in [0, 0.05) is 33.1 Å². The molecule has 152 valence electrons. The summed E-state index contributed by atoms with van der Waals surface area (Å²) < 4.78 is 5.67. The predicted molar refractivity (Wildman–Crippen MR) is 107 cm³/mol. The van der Waals surface area contributed by atoms with Gasteiger partial charge >= 0.3 is 6.09 Å². The largest absolute Gasteiger partial charge is 0.446 e. The first-order valence-corrected chi connectivity index (χ1v) is 9.32. The highest BCUT2D eigenvalue weighted by Gasteiger charge is 2.27. The van der Waals surface area contributed by atoms with Crippen LogP contribution < -0.4 is 11.1 Å². The summed E-state index contributed by atoms with van der Waals surface area (Å²) in [4.78, 5) is 27.8. The molecule has 0 saturated heterocycles. The van der Waals surface area contributed by atoms with Gasteiger partial charge in [0.1, 0.15) is 6.10 Å². The predicted octanol–water partition coefficient (Wildman–Crippen LogP) is 1.33. The summed E-state index contributed by atoms with van der Waals surface area (Å²) in [6.45, 7) is 3.20. The van der Waals surface area contributed by atoms with Crippen molar-refractivity contribution < 1.29 is 14.3 Å². The Kier molecular flexibility index (Phi) is 9.82. The maximum absolute atomic E-state index is 12.4. The van der Waals surface area contributed by atoms with Gasteiger partial charge in [0.2, 0.25) is 5.91 Å². The number of nitrogens with two attached hydrogens (primary N) is 1. The van der Waals surface area contributed by atoms with E-state index in [-0.39, 0.29) is 24.0 Å². The van der Waals surface area contributed by atoms with Crippen LogP contribution in [0.5, 0.6) is 0 Å². The molecule has 27 heavy (non-hydrogen) atoms. The van der Waals surface area contributed by atoms with Gasteiger partial charge in [0.05, 0.1) is 6.04 Å². The van der Waals surface area contributed by atoms with Gasteiger partial charge in [-0.25, -0.2) is 4.79 Å². The van der Waals surface area contributed by atoms with Gasteiger partial charge in [-0.15, -0.1) is 0 Å². The van der Waals surface area contributed by atoms with Gasteiger partial charge in [-0.2, -0.15) is 0 Å². The van der Waals surface area contributed by atoms with Crippen molar-refractivity contribution in [3.8, 4) is 0 Å². The number of hydrogen-bond acceptors (Lipinski definition) is 5. The molecule has 2 amide bonds. The lowest BCUT2D eigenvalue weighted by molar-refractivity contribution is -0.122. The molecular formula is C20H34N4O3. The Bertz CT molecular complexity index is 580. The number of hydrogen-bond donors (Lipinski definition) is 2. The number of carbonyl (C=O) groups excluding carboxylic acids is 2. The average Bonchev–Trinajstić information content (AvgIpc) is 2.65. The number of nitrogens with one attached hydrogen (secondary N) is 1. The first kappa shape index (κ1) is 22.9. The third-order valence-corrected chi connectivity index (χ3v) is 4.63. The summed E-state index contributed by atoms with van der Waals surface area (Å²) in [5.41, 5.74) is 7.14. The fourth-order valence-corrected chi connectivity index (χ4v) is 2.76. The van der Waals surface area contributed by atoms with E-state index in [0.717, 1.165) is 12.1 Å². The highest BCUT2D eigenvalue weighted by atomic mass is 16.6. The Morgan fingerprint density at radius 2 is 1.78 bits per heavy atom. The topological polar surface area (TPSA) is 87.9 Å². The lowest BCUT2D eigenvalue weighted by Crippen LogP contribution is -2.43. The molecule has 0 saturated carbocycles. The molecule has 3 N–H and O–H groups in total. The van der Waals surface area contributed by atoms with Crippen molar-refractivity contribution in [3.05, 3.63) is 35.9 Å². The molecule has 0 aliphatic rings. The zero-order chi connectivity index (χ0) is 20.4. The third kappa shape index (κ3) is 8.41. The number of likely N-dealkylation sites (N-methyl/N-ethyl adjacent to an activating group) is 3. The summed E-state index contributed by atoms with van der Waals surface area (Å²) in [6, 6.07) is 9.30. The molecule has 0 aliphatic carbocycles. The summed E-state index contributed by atoms with van der Waals surface area (Å²) in [7, 11) is 7.20. The van der Waals surface area contributed by atoms with Crippen molar-refractivity contribution >= 4 is 12.0 Å². The zero-order valence-electron chi connectivity index (χ0n) is 17.1. The summed E-state index contributed by atoms with van der Waals surface area (Å²) >= 11 is 0. The number of ether oxygens (including phenoxy) is 1. The van der Waals surface area contributed by atoms with Crippen molar-refractivity contribution in [2.24, 2.45) is 11.7 Å². The number of carbonyl (C=O) groups is 2. The minimum atomic E-state index is -0.642. The number of amides is 2. The van der Waals surface area contributed by atoms with Crippen LogP contribution in [0.15, 0.2) is 30.3 Å². The Balaban J connectivity index is 2.77. The second kappa shape index (κ2) is 11.6. The molecule has 0 radical (unpaired) electrons. The van der Waals surface area contributed by atoms with Crippen LogP contribution in [-0.2, 0) is 16.0 Å². The number of benzene rings is 1. The van der Waals surface area contributed by atoms with Crippen LogP contribution in [0.3, 0.4) is 0 Å². The highest BCUT2D eigenvalue weighted by molar-refractivity contribution is 5.81. The molecule has 7 nitrogen and oxygen atoms in total. The monoisotopic (exact) mass is 378 g/mol. The Labute approximate surface area is 162 Å². The molecule has 0 fully saturated rings. The second-order valence-electron chi connectivity index (χ2n) is 7.22. The smallest absolute Gasteiger partial charge is 0.409 e. The van der Waals surface area contributed by atoms with Crippen LogP contribution in [0.2, 0.25) is 0 Å². The lowest BCUT2D eigenvalue weighted by atomic mass is 9.88. The zero-order valence-corrected chi connectivity index (χ0v) is 17.1. The van der Waals surface area contributed by atoms with Gasteiger partial charge in [-0.3, -0.25) is 4.79 Å². The van der Waals surface area contributed by atoms with E-state index in [1.165, 1.54) is 0 Å². The number of nitrogens with zero attached hydrogens (tertiary/aromatic N) is 2. The van der Waals surface area contributed by atoms with Crippen LogP contribution in [0.1, 0.15) is 18.9 Å². The Morgan fingerprint density at radius 1 is 1.15 bits per heavy atom. The first-order valence-electron chi connectivity index (χ1n) is 9.32. The quantitative estimate of drug-likeness (QED) is 0.641. The molecule has 0 bridgehead atoms. The van der Waals surface area contributed by atoms with E-state index in [1.54, 1.807) is 19.0 Å². The summed E-state index contributed by atoms with van der Waals surface area (Å²) in [6.07, 6.45) is 0.386. The molecule has 0 spiro atoms. The second-order valence-corrected chi connectivity index (χ2v) is 7.22. The van der Waals surface area contributed by atoms with E-state index < -0.39 is 6.04 Å². The van der Waals surface area contributed by atoms with Gasteiger partial charge in [-0.1, -0.05) is 30.3 Å². The Morgan fingerprint density at radius 3 is 2.33 bits per heavy atom. The molecule has 1 rings (SSSR count). The van der Waals surface area contributed by atoms with Crippen LogP contribution in [0.4, 0.5) is 4.79 Å². The van der Waals surface area contributed by atoms with Crippen molar-refractivity contribution in [3.63, 3.8) is 0 Å². The van der Waals surface area contributed by atoms with Crippen LogP contribution in [-0.4, -0.2) is 75.2 Å². The number of rotatable bonds is 10. The fourth-order valence-electron chi connectivity index (χ4n) is 2.76. The molecule has 0 aliphatic heterocycles. The van der Waals surface area contributed by atoms with Gasteiger partial charge in [0.15, 0.2) is 0 Å². The summed E-state index contributed by atoms with van der Waals surface area (Å²) in [5.74, 6) is -0.277. The van der Waals surface area contributed by atoms with Crippen molar-refractivity contribution in [2.45, 2.75) is 31.9 Å². The average molecular weight is 379 g/mol. The first-order chi connectivity index (χ1) is 12.7. The van der Waals surface area contributed by atoms with Crippen LogP contribution in [0.25, 0.3) is 0 Å². The molecule has 0 heterocycles. The lowest BCUT2D eigenvalue weighted by Gasteiger charge is -2.28. The fraction of sp³-hybridized carbons (Fsp3) is 0.600. The van der Waals surface area contributed by atoms with Crippen molar-refractivity contribution in [2.75, 3.05) is 41.3 Å². The van der Waals surface area contributed by atoms with E-state index in [0.29, 0.717) is 19.4 Å². The van der Waals surface area contributed by atoms with Gasteiger partial charge in [0.25, 0.3) is 0 Å². The van der Waals surface area contributed by atoms with E-state index in [2.05, 4.69) is 5.32 Å². The third-order valence-electron chi connectivity index (χ3n) is 4.63. The van der Waals surface area contributed by atoms with Crippen LogP contribution >= 0.6 is 0 Å². The Hall–Kier alpha value is -2.12. The van der Waals surface area contributed by atoms with E-state index in [9.17, 15) is 9.59 Å². The van der Waals surface area contributed by atoms with E-state index in [1.807, 2.05) is 56.3 Å². The standard InChI is InChI=1S/C20H34N4O3/c1-15(27-20(26)24(5)12-11-23(3)4)17(14-18(21)19(25)22-2)13-16-9-7-6-8-10-16/h6-10,15,17-18H,11-14,21H2,1-5H3,(H,22,25)/t15-,17?,18?/m1/s1. The molecule has 3 atom stereocenters. The minimum absolute atomic E-state index is 0.0640. The molecule has 0 aromatic heterocycles. The van der Waals surface area contributed by atoms with E-state index in [4.69, 9.17) is 10.5 Å². The highest BCUT2D eigenvalue weighted by Crippen LogP contribution is 2.21. The SMILES string of the molecule is CNC(=O)C(N)CC(Cc1ccccc1)[C@@H](C)OC(=O)N(C)CCN(C)C. The molecule has 1 aromatic rings. The maximum Gasteiger partial charge on any atom is 0.409 e. The maximum atomic E-state index is 12.4. The van der Waals surface area contributed by atoms with Crippen molar-refractivity contribution in [1.29, 1.82) is 0 Å². The molecule has 1 aromatic carbocycles. The molecular weight excluding hydrogens is 344 g/mol. The minimum Gasteiger partial charge on any atom is -0.446 e. The van der Waals surface area contributed by atoms with Gasteiger partial charge in [-0.05, 0) is 39.4 Å². The molecule has 7 heteroatoms. The van der Waals surface area contributed by atoms with Gasteiger partial charge < -0.3 is 25.6 Å². The van der Waals surface area contributed by atoms with E-state index >= 15 is 0 Å². The van der Waals surface area contributed by atoms with Crippen LogP contribution in [0, 0.1) is 5.92 Å². The molecule has 2 unspecified atom stereocenters. The summed E-state index contributed by atoms with van der Waals surface area (Å²) in [5, 5.41) is 2.57. The van der Waals surface area contributed by atoms with Crippen molar-refractivity contribution in [1.82, 2.24) is 15.1 Å².